The zero-order valence-corrected chi connectivity index (χ0v) is 13.0. The van der Waals surface area contributed by atoms with Gasteiger partial charge in [-0.2, -0.15) is 4.98 Å². The molecule has 4 nitrogen and oxygen atoms in total. The number of aromatic nitrogens is 2. The smallest absolute Gasteiger partial charge is 0.281 e. The molecule has 4 heteroatoms. The van der Waals surface area contributed by atoms with E-state index in [4.69, 9.17) is 4.74 Å². The fraction of sp³-hybridized carbons (Fsp3) is 0.158. The molecule has 0 unspecified atom stereocenters. The number of rotatable bonds is 5. The monoisotopic (exact) mass is 306 g/mol. The minimum absolute atomic E-state index is 0.224. The van der Waals surface area contributed by atoms with Crippen LogP contribution in [0.5, 0.6) is 0 Å². The third kappa shape index (κ3) is 3.01. The summed E-state index contributed by atoms with van der Waals surface area (Å²) in [5, 5.41) is 0.594. The molecule has 0 N–H and O–H groups in total. The average molecular weight is 306 g/mol. The normalized spacial score (nSPS) is 10.7. The first-order valence-electron chi connectivity index (χ1n) is 7.56. The second-order valence-electron chi connectivity index (χ2n) is 5.18. The number of ether oxygens (including phenoxy) is 1. The molecule has 0 spiro atoms. The molecule has 0 atom stereocenters. The van der Waals surface area contributed by atoms with Crippen LogP contribution in [0.2, 0.25) is 0 Å². The molecule has 3 rings (SSSR count). The summed E-state index contributed by atoms with van der Waals surface area (Å²) >= 11 is 0. The van der Waals surface area contributed by atoms with Crippen LogP contribution in [-0.2, 0) is 11.3 Å². The second-order valence-corrected chi connectivity index (χ2v) is 5.18. The average Bonchev–Trinajstić information content (AvgIpc) is 2.58. The fourth-order valence-electron chi connectivity index (χ4n) is 2.61. The van der Waals surface area contributed by atoms with Crippen molar-refractivity contribution in [1.29, 1.82) is 0 Å². The first kappa shape index (κ1) is 15.0. The number of hydrogen-bond donors (Lipinski definition) is 0. The Balaban J connectivity index is 2.26. The Morgan fingerprint density at radius 3 is 2.57 bits per heavy atom. The van der Waals surface area contributed by atoms with Crippen LogP contribution in [0.15, 0.2) is 71.7 Å². The quantitative estimate of drug-likeness (QED) is 0.676. The molecule has 0 fully saturated rings. The summed E-state index contributed by atoms with van der Waals surface area (Å²) in [7, 11) is 0. The van der Waals surface area contributed by atoms with Gasteiger partial charge in [-0.25, -0.2) is 0 Å². The van der Waals surface area contributed by atoms with Gasteiger partial charge in [0.25, 0.3) is 5.56 Å². The number of fused-ring (bicyclic) bond motifs is 1. The van der Waals surface area contributed by atoms with Crippen LogP contribution in [0, 0.1) is 0 Å². The number of hydrogen-bond acceptors (Lipinski definition) is 3. The van der Waals surface area contributed by atoms with Crippen LogP contribution >= 0.6 is 0 Å². The Hall–Kier alpha value is -2.88. The van der Waals surface area contributed by atoms with Gasteiger partial charge in [0.15, 0.2) is 0 Å². The van der Waals surface area contributed by atoms with Gasteiger partial charge in [0.2, 0.25) is 0 Å². The lowest BCUT2D eigenvalue weighted by atomic mass is 10.1. The predicted molar refractivity (Wildman–Crippen MR) is 92.2 cm³/mol. The van der Waals surface area contributed by atoms with Gasteiger partial charge >= 0.3 is 0 Å². The van der Waals surface area contributed by atoms with Crippen LogP contribution < -0.4 is 5.56 Å². The molecule has 0 radical (unpaired) electrons. The molecule has 3 aromatic rings. The Morgan fingerprint density at radius 2 is 1.83 bits per heavy atom. The predicted octanol–water partition coefficient (Wildman–Crippen LogP) is 3.61. The first-order valence-corrected chi connectivity index (χ1v) is 7.56. The van der Waals surface area contributed by atoms with Crippen molar-refractivity contribution in [2.75, 3.05) is 6.61 Å². The largest absolute Gasteiger partial charge is 0.497 e. The molecular weight excluding hydrogens is 288 g/mol. The maximum Gasteiger partial charge on any atom is 0.281 e. The van der Waals surface area contributed by atoms with E-state index in [1.54, 1.807) is 6.07 Å². The first-order chi connectivity index (χ1) is 11.2. The molecule has 0 bridgehead atoms. The van der Waals surface area contributed by atoms with Crippen molar-refractivity contribution in [3.63, 3.8) is 0 Å². The van der Waals surface area contributed by atoms with Crippen LogP contribution in [0.25, 0.3) is 22.3 Å². The lowest BCUT2D eigenvalue weighted by Crippen LogP contribution is -2.17. The van der Waals surface area contributed by atoms with Crippen molar-refractivity contribution in [3.05, 3.63) is 77.3 Å². The SMILES string of the molecule is C=C(Cn1c(-c2ccccc2)nc(=O)c2ccccc21)OCC. The van der Waals surface area contributed by atoms with Crippen molar-refractivity contribution >= 4 is 10.9 Å². The lowest BCUT2D eigenvalue weighted by Gasteiger charge is -2.17. The van der Waals surface area contributed by atoms with Gasteiger partial charge in [-0.3, -0.25) is 4.79 Å². The summed E-state index contributed by atoms with van der Waals surface area (Å²) in [6.07, 6.45) is 0. The van der Waals surface area contributed by atoms with E-state index in [2.05, 4.69) is 11.6 Å². The Kier molecular flexibility index (Phi) is 4.24. The molecule has 0 aliphatic carbocycles. The minimum atomic E-state index is -0.224. The molecule has 23 heavy (non-hydrogen) atoms. The molecule has 0 saturated heterocycles. The summed E-state index contributed by atoms with van der Waals surface area (Å²) in [6, 6.07) is 17.1. The molecule has 1 heterocycles. The summed E-state index contributed by atoms with van der Waals surface area (Å²) in [4.78, 5) is 16.7. The maximum atomic E-state index is 12.4. The standard InChI is InChI=1S/C19H18N2O2/c1-3-23-14(2)13-21-17-12-8-7-11-16(17)19(22)20-18(21)15-9-5-4-6-10-15/h4-12H,2-3,13H2,1H3. The van der Waals surface area contributed by atoms with Crippen LogP contribution in [0.4, 0.5) is 0 Å². The number of nitrogens with zero attached hydrogens (tertiary/aromatic N) is 2. The highest BCUT2D eigenvalue weighted by Gasteiger charge is 2.13. The van der Waals surface area contributed by atoms with Crippen molar-refractivity contribution in [2.45, 2.75) is 13.5 Å². The topological polar surface area (TPSA) is 44.1 Å². The van der Waals surface area contributed by atoms with Gasteiger partial charge in [0.05, 0.1) is 24.1 Å². The molecule has 0 saturated carbocycles. The van der Waals surface area contributed by atoms with E-state index in [0.717, 1.165) is 11.1 Å². The molecule has 1 aromatic heterocycles. The number of para-hydroxylation sites is 1. The van der Waals surface area contributed by atoms with Gasteiger partial charge in [-0.15, -0.1) is 0 Å². The molecular formula is C19H18N2O2. The second kappa shape index (κ2) is 6.48. The maximum absolute atomic E-state index is 12.4. The van der Waals surface area contributed by atoms with Crippen LogP contribution in [0.3, 0.4) is 0 Å². The highest BCUT2D eigenvalue weighted by Crippen LogP contribution is 2.21. The van der Waals surface area contributed by atoms with Crippen LogP contribution in [-0.4, -0.2) is 16.2 Å². The lowest BCUT2D eigenvalue weighted by molar-refractivity contribution is 0.216. The summed E-state index contributed by atoms with van der Waals surface area (Å²) in [5.41, 5.74) is 1.49. The third-order valence-electron chi connectivity index (χ3n) is 3.60. The highest BCUT2D eigenvalue weighted by atomic mass is 16.5. The van der Waals surface area contributed by atoms with E-state index in [1.807, 2.05) is 60.0 Å². The van der Waals surface area contributed by atoms with Crippen molar-refractivity contribution in [2.24, 2.45) is 0 Å². The van der Waals surface area contributed by atoms with Gasteiger partial charge in [-0.1, -0.05) is 49.0 Å². The zero-order valence-electron chi connectivity index (χ0n) is 13.0. The minimum Gasteiger partial charge on any atom is -0.497 e. The van der Waals surface area contributed by atoms with Crippen molar-refractivity contribution in [1.82, 2.24) is 9.55 Å². The molecule has 116 valence electrons. The van der Waals surface area contributed by atoms with E-state index in [0.29, 0.717) is 30.1 Å². The molecule has 0 amide bonds. The van der Waals surface area contributed by atoms with Gasteiger partial charge in [0.1, 0.15) is 11.6 Å². The van der Waals surface area contributed by atoms with Crippen molar-refractivity contribution in [3.8, 4) is 11.4 Å². The summed E-state index contributed by atoms with van der Waals surface area (Å²) in [6.45, 7) is 6.89. The molecule has 0 aliphatic heterocycles. The summed E-state index contributed by atoms with van der Waals surface area (Å²) in [5.74, 6) is 1.26. The Labute approximate surface area is 134 Å². The van der Waals surface area contributed by atoms with Gasteiger partial charge < -0.3 is 9.30 Å². The molecule has 0 aliphatic rings. The van der Waals surface area contributed by atoms with Gasteiger partial charge in [0, 0.05) is 5.56 Å². The van der Waals surface area contributed by atoms with E-state index in [-0.39, 0.29) is 5.56 Å². The Morgan fingerprint density at radius 1 is 1.13 bits per heavy atom. The van der Waals surface area contributed by atoms with Crippen LogP contribution in [0.1, 0.15) is 6.92 Å². The number of benzene rings is 2. The number of allylic oxidation sites excluding steroid dienone is 1. The third-order valence-corrected chi connectivity index (χ3v) is 3.60. The Bertz CT molecular complexity index is 898. The van der Waals surface area contributed by atoms with E-state index in [9.17, 15) is 4.79 Å². The zero-order chi connectivity index (χ0) is 16.2. The fourth-order valence-corrected chi connectivity index (χ4v) is 2.61. The van der Waals surface area contributed by atoms with E-state index < -0.39 is 0 Å². The van der Waals surface area contributed by atoms with E-state index >= 15 is 0 Å². The van der Waals surface area contributed by atoms with Crippen molar-refractivity contribution < 1.29 is 4.74 Å². The highest BCUT2D eigenvalue weighted by molar-refractivity contribution is 5.80. The summed E-state index contributed by atoms with van der Waals surface area (Å²) < 4.78 is 7.47. The molecule has 2 aromatic carbocycles. The van der Waals surface area contributed by atoms with E-state index in [1.165, 1.54) is 0 Å². The van der Waals surface area contributed by atoms with Gasteiger partial charge in [-0.05, 0) is 19.1 Å².